The lowest BCUT2D eigenvalue weighted by molar-refractivity contribution is 0.167. The van der Waals surface area contributed by atoms with Gasteiger partial charge in [0, 0.05) is 12.6 Å². The lowest BCUT2D eigenvalue weighted by Gasteiger charge is -2.37. The molecule has 1 saturated heterocycles. The molecular formula is C19H22N2O2S. The molecule has 2 aromatic carbocycles. The molecule has 0 radical (unpaired) electrons. The smallest absolute Gasteiger partial charge is 0.208 e. The van der Waals surface area contributed by atoms with Gasteiger partial charge in [0.25, 0.3) is 0 Å². The van der Waals surface area contributed by atoms with Gasteiger partial charge in [0.05, 0.1) is 12.3 Å². The summed E-state index contributed by atoms with van der Waals surface area (Å²) in [7, 11) is -3.17. The summed E-state index contributed by atoms with van der Waals surface area (Å²) in [5.74, 6) is 0. The predicted octanol–water partition coefficient (Wildman–Crippen LogP) is 2.77. The average molecular weight is 342 g/mol. The van der Waals surface area contributed by atoms with E-state index in [4.69, 9.17) is 0 Å². The Hall–Kier alpha value is -1.69. The SMILES string of the molecule is CS(=O)(=O)N[C@@H]1CCCN(C2c3ccccc3-c3ccccc32)C1. The first-order valence-corrected chi connectivity index (χ1v) is 10.3. The second-order valence-electron chi connectivity index (χ2n) is 6.80. The summed E-state index contributed by atoms with van der Waals surface area (Å²) in [4.78, 5) is 2.43. The van der Waals surface area contributed by atoms with E-state index in [2.05, 4.69) is 58.2 Å². The van der Waals surface area contributed by atoms with Crippen molar-refractivity contribution < 1.29 is 8.42 Å². The molecule has 0 bridgehead atoms. The summed E-state index contributed by atoms with van der Waals surface area (Å²) < 4.78 is 26.0. The Morgan fingerprint density at radius 2 is 1.58 bits per heavy atom. The Morgan fingerprint density at radius 3 is 2.17 bits per heavy atom. The van der Waals surface area contributed by atoms with Crippen LogP contribution in [0.4, 0.5) is 0 Å². The number of hydrogen-bond acceptors (Lipinski definition) is 3. The molecule has 1 fully saturated rings. The second-order valence-corrected chi connectivity index (χ2v) is 8.58. The third-order valence-corrected chi connectivity index (χ3v) is 5.76. The number of piperidine rings is 1. The van der Waals surface area contributed by atoms with Crippen LogP contribution >= 0.6 is 0 Å². The first kappa shape index (κ1) is 15.8. The van der Waals surface area contributed by atoms with Crippen LogP contribution in [0.3, 0.4) is 0 Å². The van der Waals surface area contributed by atoms with E-state index >= 15 is 0 Å². The Labute approximate surface area is 143 Å². The molecule has 0 aromatic heterocycles. The summed E-state index contributed by atoms with van der Waals surface area (Å²) >= 11 is 0. The zero-order chi connectivity index (χ0) is 16.7. The molecule has 0 spiro atoms. The maximum Gasteiger partial charge on any atom is 0.208 e. The molecule has 0 amide bonds. The largest absolute Gasteiger partial charge is 0.291 e. The fourth-order valence-electron chi connectivity index (χ4n) is 4.16. The molecule has 1 N–H and O–H groups in total. The zero-order valence-corrected chi connectivity index (χ0v) is 14.6. The Bertz CT molecular complexity index is 818. The van der Waals surface area contributed by atoms with E-state index in [0.717, 1.165) is 25.9 Å². The third-order valence-electron chi connectivity index (χ3n) is 5.00. The van der Waals surface area contributed by atoms with Gasteiger partial charge < -0.3 is 0 Å². The van der Waals surface area contributed by atoms with Crippen molar-refractivity contribution in [3.8, 4) is 11.1 Å². The maximum absolute atomic E-state index is 11.6. The minimum Gasteiger partial charge on any atom is -0.291 e. The maximum atomic E-state index is 11.6. The van der Waals surface area contributed by atoms with E-state index in [0.29, 0.717) is 0 Å². The normalized spacial score (nSPS) is 21.5. The van der Waals surface area contributed by atoms with Gasteiger partial charge in [0.2, 0.25) is 10.0 Å². The molecule has 1 aliphatic heterocycles. The van der Waals surface area contributed by atoms with Crippen LogP contribution in [0.1, 0.15) is 30.0 Å². The summed E-state index contributed by atoms with van der Waals surface area (Å²) in [5, 5.41) is 0. The molecule has 1 heterocycles. The molecule has 2 aromatic rings. The Morgan fingerprint density at radius 1 is 1.00 bits per heavy atom. The van der Waals surface area contributed by atoms with Crippen LogP contribution in [0.25, 0.3) is 11.1 Å². The van der Waals surface area contributed by atoms with Crippen molar-refractivity contribution in [3.05, 3.63) is 59.7 Å². The van der Waals surface area contributed by atoms with E-state index < -0.39 is 10.0 Å². The van der Waals surface area contributed by atoms with Crippen molar-refractivity contribution in [1.29, 1.82) is 0 Å². The van der Waals surface area contributed by atoms with Crippen molar-refractivity contribution in [2.75, 3.05) is 19.3 Å². The highest BCUT2D eigenvalue weighted by Gasteiger charge is 2.35. The molecule has 0 unspecified atom stereocenters. The number of likely N-dealkylation sites (tertiary alicyclic amines) is 1. The van der Waals surface area contributed by atoms with Crippen LogP contribution in [0.2, 0.25) is 0 Å². The van der Waals surface area contributed by atoms with E-state index in [9.17, 15) is 8.42 Å². The number of sulfonamides is 1. The standard InChI is InChI=1S/C19H22N2O2S/c1-24(22,23)20-14-7-6-12-21(13-14)19-17-10-4-2-8-15(17)16-9-3-5-11-18(16)19/h2-5,8-11,14,19-20H,6-7,12-13H2,1H3/t14-/m1/s1. The van der Waals surface area contributed by atoms with Gasteiger partial charge in [0.1, 0.15) is 0 Å². The van der Waals surface area contributed by atoms with E-state index in [1.165, 1.54) is 28.5 Å². The fourth-order valence-corrected chi connectivity index (χ4v) is 4.96. The Balaban J connectivity index is 1.68. The number of fused-ring (bicyclic) bond motifs is 3. The quantitative estimate of drug-likeness (QED) is 0.933. The van der Waals surface area contributed by atoms with Gasteiger partial charge in [-0.3, -0.25) is 4.90 Å². The molecule has 0 saturated carbocycles. The molecule has 1 aliphatic carbocycles. The van der Waals surface area contributed by atoms with Gasteiger partial charge in [-0.25, -0.2) is 13.1 Å². The van der Waals surface area contributed by atoms with Crippen LogP contribution in [0.15, 0.2) is 48.5 Å². The number of nitrogens with zero attached hydrogens (tertiary/aromatic N) is 1. The summed E-state index contributed by atoms with van der Waals surface area (Å²) in [6, 6.07) is 17.3. The number of rotatable bonds is 3. The topological polar surface area (TPSA) is 49.4 Å². The average Bonchev–Trinajstić information content (AvgIpc) is 2.88. The lowest BCUT2D eigenvalue weighted by Crippen LogP contribution is -2.48. The van der Waals surface area contributed by atoms with Crippen molar-refractivity contribution in [3.63, 3.8) is 0 Å². The van der Waals surface area contributed by atoms with Crippen LogP contribution in [0, 0.1) is 0 Å². The summed E-state index contributed by atoms with van der Waals surface area (Å²) in [6.07, 6.45) is 3.15. The van der Waals surface area contributed by atoms with Crippen LogP contribution in [-0.4, -0.2) is 38.7 Å². The lowest BCUT2D eigenvalue weighted by atomic mass is 9.98. The first-order valence-electron chi connectivity index (χ1n) is 8.42. The van der Waals surface area contributed by atoms with Gasteiger partial charge in [-0.2, -0.15) is 0 Å². The molecule has 4 rings (SSSR count). The monoisotopic (exact) mass is 342 g/mol. The minimum absolute atomic E-state index is 0.00586. The van der Waals surface area contributed by atoms with Crippen molar-refractivity contribution in [2.45, 2.75) is 24.9 Å². The summed E-state index contributed by atoms with van der Waals surface area (Å²) in [5.41, 5.74) is 5.27. The molecule has 4 nitrogen and oxygen atoms in total. The minimum atomic E-state index is -3.17. The van der Waals surface area contributed by atoms with E-state index in [1.54, 1.807) is 0 Å². The number of nitrogens with one attached hydrogen (secondary N) is 1. The molecule has 2 aliphatic rings. The molecule has 1 atom stereocenters. The Kier molecular flexibility index (Phi) is 3.95. The van der Waals surface area contributed by atoms with Gasteiger partial charge in [-0.1, -0.05) is 48.5 Å². The second kappa shape index (κ2) is 5.99. The highest BCUT2D eigenvalue weighted by Crippen LogP contribution is 2.46. The van der Waals surface area contributed by atoms with Crippen molar-refractivity contribution >= 4 is 10.0 Å². The van der Waals surface area contributed by atoms with Gasteiger partial charge in [-0.05, 0) is 41.6 Å². The van der Waals surface area contributed by atoms with E-state index in [-0.39, 0.29) is 12.1 Å². The number of benzene rings is 2. The molecular weight excluding hydrogens is 320 g/mol. The van der Waals surface area contributed by atoms with Gasteiger partial charge in [-0.15, -0.1) is 0 Å². The van der Waals surface area contributed by atoms with Crippen molar-refractivity contribution in [1.82, 2.24) is 9.62 Å². The van der Waals surface area contributed by atoms with Gasteiger partial charge >= 0.3 is 0 Å². The van der Waals surface area contributed by atoms with Crippen molar-refractivity contribution in [2.24, 2.45) is 0 Å². The summed E-state index contributed by atoms with van der Waals surface area (Å²) in [6.45, 7) is 1.75. The zero-order valence-electron chi connectivity index (χ0n) is 13.8. The molecule has 126 valence electrons. The van der Waals surface area contributed by atoms with Gasteiger partial charge in [0.15, 0.2) is 0 Å². The fraction of sp³-hybridized carbons (Fsp3) is 0.368. The highest BCUT2D eigenvalue weighted by molar-refractivity contribution is 7.88. The third kappa shape index (κ3) is 2.88. The van der Waals surface area contributed by atoms with E-state index in [1.807, 2.05) is 0 Å². The predicted molar refractivity (Wildman–Crippen MR) is 96.3 cm³/mol. The van der Waals surface area contributed by atoms with Crippen LogP contribution < -0.4 is 4.72 Å². The van der Waals surface area contributed by atoms with Crippen LogP contribution in [0.5, 0.6) is 0 Å². The molecule has 24 heavy (non-hydrogen) atoms. The van der Waals surface area contributed by atoms with Crippen LogP contribution in [-0.2, 0) is 10.0 Å². The molecule has 5 heteroatoms. The first-order chi connectivity index (χ1) is 11.5. The highest BCUT2D eigenvalue weighted by atomic mass is 32.2. The number of hydrogen-bond donors (Lipinski definition) is 1.